The molecule has 1 N–H and O–H groups in total. The Bertz CT molecular complexity index is 1000. The smallest absolute Gasteiger partial charge is 0.295 e. The molecule has 9 heteroatoms. The molecular weight excluding hydrogens is 374 g/mol. The van der Waals surface area contributed by atoms with Crippen LogP contribution in [0.15, 0.2) is 55.1 Å². The normalized spacial score (nSPS) is 11.9. The minimum atomic E-state index is -0.544. The molecular formula is C20H21N5O4. The quantitative estimate of drug-likeness (QED) is 0.485. The number of nitro benzene ring substituents is 1. The highest BCUT2D eigenvalue weighted by Gasteiger charge is 2.23. The summed E-state index contributed by atoms with van der Waals surface area (Å²) in [6.45, 7) is 3.98. The van der Waals surface area contributed by atoms with Crippen molar-refractivity contribution in [1.82, 2.24) is 20.1 Å². The van der Waals surface area contributed by atoms with Crippen LogP contribution in [0.4, 0.5) is 5.69 Å². The van der Waals surface area contributed by atoms with Gasteiger partial charge in [0, 0.05) is 11.6 Å². The molecule has 1 aromatic heterocycles. The summed E-state index contributed by atoms with van der Waals surface area (Å²) in [6.07, 6.45) is 2.65. The van der Waals surface area contributed by atoms with Crippen molar-refractivity contribution in [2.75, 3.05) is 7.11 Å². The maximum Gasteiger partial charge on any atom is 0.295 e. The zero-order valence-electron chi connectivity index (χ0n) is 16.3. The Labute approximate surface area is 167 Å². The van der Waals surface area contributed by atoms with Crippen molar-refractivity contribution in [3.05, 3.63) is 76.4 Å². The summed E-state index contributed by atoms with van der Waals surface area (Å²) in [7, 11) is 1.59. The predicted molar refractivity (Wildman–Crippen MR) is 106 cm³/mol. The van der Waals surface area contributed by atoms with Crippen LogP contribution >= 0.6 is 0 Å². The van der Waals surface area contributed by atoms with Crippen molar-refractivity contribution in [2.45, 2.75) is 19.9 Å². The number of nitro groups is 1. The number of ether oxygens (including phenoxy) is 1. The Balaban J connectivity index is 1.88. The van der Waals surface area contributed by atoms with Gasteiger partial charge in [-0.2, -0.15) is 5.10 Å². The van der Waals surface area contributed by atoms with Gasteiger partial charge in [-0.25, -0.2) is 9.67 Å². The fourth-order valence-electron chi connectivity index (χ4n) is 3.01. The van der Waals surface area contributed by atoms with Crippen molar-refractivity contribution < 1.29 is 14.5 Å². The summed E-state index contributed by atoms with van der Waals surface area (Å²) in [5, 5.41) is 18.4. The highest BCUT2D eigenvalue weighted by Crippen LogP contribution is 2.26. The van der Waals surface area contributed by atoms with E-state index in [2.05, 4.69) is 15.4 Å². The Morgan fingerprint density at radius 3 is 2.48 bits per heavy atom. The van der Waals surface area contributed by atoms with Crippen LogP contribution in [0.2, 0.25) is 0 Å². The Hall–Kier alpha value is -3.75. The standard InChI is InChI=1S/C20H21N5O4/c1-13(2)19(14-4-7-16(29-3)8-5-14)23-20(26)15-6-9-17(18(10-15)25(27)28)24-12-21-11-22-24/h4-13,19H,1-3H3,(H,23,26). The largest absolute Gasteiger partial charge is 0.497 e. The van der Waals surface area contributed by atoms with Gasteiger partial charge in [0.2, 0.25) is 0 Å². The van der Waals surface area contributed by atoms with Crippen LogP contribution in [0, 0.1) is 16.0 Å². The molecule has 0 saturated carbocycles. The molecule has 0 aliphatic rings. The fraction of sp³-hybridized carbons (Fsp3) is 0.250. The van der Waals surface area contributed by atoms with Crippen LogP contribution in [0.1, 0.15) is 35.8 Å². The number of aromatic nitrogens is 3. The third-order valence-electron chi connectivity index (χ3n) is 4.53. The number of rotatable bonds is 7. The number of carbonyl (C=O) groups is 1. The molecule has 3 rings (SSSR count). The van der Waals surface area contributed by atoms with Crippen molar-refractivity contribution in [3.63, 3.8) is 0 Å². The summed E-state index contributed by atoms with van der Waals surface area (Å²) in [6, 6.07) is 11.4. The summed E-state index contributed by atoms with van der Waals surface area (Å²) in [4.78, 5) is 27.6. The van der Waals surface area contributed by atoms with Crippen molar-refractivity contribution in [1.29, 1.82) is 0 Å². The highest BCUT2D eigenvalue weighted by atomic mass is 16.6. The number of nitrogens with one attached hydrogen (secondary N) is 1. The molecule has 2 aromatic carbocycles. The predicted octanol–water partition coefficient (Wildman–Crippen LogP) is 3.31. The van der Waals surface area contributed by atoms with Crippen molar-refractivity contribution in [3.8, 4) is 11.4 Å². The molecule has 1 atom stereocenters. The van der Waals surface area contributed by atoms with Gasteiger partial charge in [0.25, 0.3) is 11.6 Å². The summed E-state index contributed by atoms with van der Waals surface area (Å²) >= 11 is 0. The van der Waals surface area contributed by atoms with E-state index in [1.165, 1.54) is 35.5 Å². The maximum atomic E-state index is 12.8. The second kappa shape index (κ2) is 8.51. The van der Waals surface area contributed by atoms with Gasteiger partial charge in [0.05, 0.1) is 18.1 Å². The number of hydrogen-bond donors (Lipinski definition) is 1. The number of nitrogens with zero attached hydrogens (tertiary/aromatic N) is 4. The molecule has 29 heavy (non-hydrogen) atoms. The Morgan fingerprint density at radius 1 is 1.21 bits per heavy atom. The van der Waals surface area contributed by atoms with Gasteiger partial charge in [-0.1, -0.05) is 26.0 Å². The molecule has 0 aliphatic carbocycles. The number of methoxy groups -OCH3 is 1. The third kappa shape index (κ3) is 4.40. The van der Waals surface area contributed by atoms with Gasteiger partial charge in [-0.15, -0.1) is 0 Å². The van der Waals surface area contributed by atoms with E-state index in [-0.39, 0.29) is 28.9 Å². The molecule has 0 bridgehead atoms. The van der Waals surface area contributed by atoms with Gasteiger partial charge in [-0.05, 0) is 35.7 Å². The minimum absolute atomic E-state index is 0.108. The van der Waals surface area contributed by atoms with Gasteiger partial charge in [0.15, 0.2) is 0 Å². The van der Waals surface area contributed by atoms with E-state index < -0.39 is 10.8 Å². The van der Waals surface area contributed by atoms with Crippen molar-refractivity contribution in [2.24, 2.45) is 5.92 Å². The van der Waals surface area contributed by atoms with E-state index in [0.29, 0.717) is 0 Å². The van der Waals surface area contributed by atoms with Gasteiger partial charge >= 0.3 is 0 Å². The van der Waals surface area contributed by atoms with Gasteiger partial charge in [-0.3, -0.25) is 14.9 Å². The summed E-state index contributed by atoms with van der Waals surface area (Å²) < 4.78 is 6.46. The molecule has 0 aliphatic heterocycles. The zero-order valence-corrected chi connectivity index (χ0v) is 16.3. The number of amides is 1. The monoisotopic (exact) mass is 395 g/mol. The topological polar surface area (TPSA) is 112 Å². The van der Waals surface area contributed by atoms with Crippen LogP contribution < -0.4 is 10.1 Å². The van der Waals surface area contributed by atoms with Gasteiger partial charge < -0.3 is 10.1 Å². The lowest BCUT2D eigenvalue weighted by Gasteiger charge is -2.23. The summed E-state index contributed by atoms with van der Waals surface area (Å²) in [5.41, 5.74) is 1.12. The zero-order chi connectivity index (χ0) is 21.0. The second-order valence-corrected chi connectivity index (χ2v) is 6.77. The van der Waals surface area contributed by atoms with Gasteiger partial charge in [0.1, 0.15) is 24.1 Å². The van der Waals surface area contributed by atoms with Crippen LogP contribution in [-0.4, -0.2) is 32.7 Å². The lowest BCUT2D eigenvalue weighted by atomic mass is 9.95. The van der Waals surface area contributed by atoms with Crippen LogP contribution in [0.5, 0.6) is 5.75 Å². The van der Waals surface area contributed by atoms with E-state index in [1.54, 1.807) is 7.11 Å². The molecule has 0 spiro atoms. The molecule has 1 heterocycles. The fourth-order valence-corrected chi connectivity index (χ4v) is 3.01. The number of carbonyl (C=O) groups excluding carboxylic acids is 1. The lowest BCUT2D eigenvalue weighted by Crippen LogP contribution is -2.31. The van der Waals surface area contributed by atoms with E-state index in [1.807, 2.05) is 38.1 Å². The van der Waals surface area contributed by atoms with Crippen LogP contribution in [0.3, 0.4) is 0 Å². The van der Waals surface area contributed by atoms with Crippen LogP contribution in [0.25, 0.3) is 5.69 Å². The molecule has 150 valence electrons. The third-order valence-corrected chi connectivity index (χ3v) is 4.53. The Morgan fingerprint density at radius 2 is 1.93 bits per heavy atom. The molecule has 0 fully saturated rings. The average molecular weight is 395 g/mol. The SMILES string of the molecule is COc1ccc(C(NC(=O)c2ccc(-n3cncn3)c([N+](=O)[O-])c2)C(C)C)cc1. The molecule has 9 nitrogen and oxygen atoms in total. The maximum absolute atomic E-state index is 12.8. The van der Waals surface area contributed by atoms with Crippen LogP contribution in [-0.2, 0) is 0 Å². The van der Waals surface area contributed by atoms with E-state index >= 15 is 0 Å². The molecule has 0 saturated heterocycles. The van der Waals surface area contributed by atoms with E-state index in [9.17, 15) is 14.9 Å². The van der Waals surface area contributed by atoms with Crippen molar-refractivity contribution >= 4 is 11.6 Å². The van der Waals surface area contributed by atoms with E-state index in [4.69, 9.17) is 4.74 Å². The number of hydrogen-bond acceptors (Lipinski definition) is 6. The molecule has 1 unspecified atom stereocenters. The average Bonchev–Trinajstić information content (AvgIpc) is 3.26. The van der Waals surface area contributed by atoms with E-state index in [0.717, 1.165) is 11.3 Å². The molecule has 1 amide bonds. The first-order chi connectivity index (χ1) is 13.9. The molecule has 0 radical (unpaired) electrons. The first kappa shape index (κ1) is 20.0. The lowest BCUT2D eigenvalue weighted by molar-refractivity contribution is -0.384. The highest BCUT2D eigenvalue weighted by molar-refractivity contribution is 5.95. The number of benzene rings is 2. The first-order valence-corrected chi connectivity index (χ1v) is 8.99. The Kier molecular flexibility index (Phi) is 5.87. The first-order valence-electron chi connectivity index (χ1n) is 8.99. The summed E-state index contributed by atoms with van der Waals surface area (Å²) in [5.74, 6) is 0.436. The minimum Gasteiger partial charge on any atom is -0.497 e. The second-order valence-electron chi connectivity index (χ2n) is 6.77. The molecule has 3 aromatic rings.